The zero-order valence-corrected chi connectivity index (χ0v) is 22.0. The van der Waals surface area contributed by atoms with Gasteiger partial charge in [-0.3, -0.25) is 14.4 Å². The minimum absolute atomic E-state index is 0.116. The first kappa shape index (κ1) is 24.7. The lowest BCUT2D eigenvalue weighted by atomic mass is 10.1. The molecule has 1 atom stereocenters. The molecule has 1 fully saturated rings. The molecule has 0 bridgehead atoms. The zero-order valence-electron chi connectivity index (χ0n) is 19.6. The monoisotopic (exact) mass is 571 g/mol. The second kappa shape index (κ2) is 11.0. The van der Waals surface area contributed by atoms with Crippen molar-refractivity contribution >= 4 is 55.7 Å². The number of ether oxygens (including phenoxy) is 1. The number of benzene rings is 1. The Morgan fingerprint density at radius 1 is 1.08 bits per heavy atom. The number of fused-ring (bicyclic) bond motifs is 1. The summed E-state index contributed by atoms with van der Waals surface area (Å²) in [4.78, 5) is 42.0. The summed E-state index contributed by atoms with van der Waals surface area (Å²) in [6.45, 7) is 0.776. The number of furan rings is 1. The number of aryl methyl sites for hydroxylation is 1. The molecule has 188 valence electrons. The van der Waals surface area contributed by atoms with Crippen molar-refractivity contribution in [3.8, 4) is 0 Å². The Morgan fingerprint density at radius 2 is 1.92 bits per heavy atom. The molecule has 1 aromatic carbocycles. The number of amides is 3. The highest BCUT2D eigenvalue weighted by Gasteiger charge is 2.30. The van der Waals surface area contributed by atoms with E-state index in [1.54, 1.807) is 12.1 Å². The Kier molecular flexibility index (Phi) is 7.54. The van der Waals surface area contributed by atoms with E-state index in [1.165, 1.54) is 22.5 Å². The fraction of sp³-hybridized carbons (Fsp3) is 0.346. The molecule has 2 aliphatic rings. The standard InChI is InChI=1S/C26H26BrN3O5S/c27-16-8-10-17(11-9-16)28-24(32)23-19-5-1-7-21(19)36-25(23)29-22(31)15-30(14-18-4-2-12-34-18)26(33)20-6-3-13-35-20/h3,6,8-11,13,18H,1-2,4-5,7,12,14-15H2,(H,28,32)(H,29,31)/t18-/m0/s1. The highest BCUT2D eigenvalue weighted by Crippen LogP contribution is 2.39. The van der Waals surface area contributed by atoms with Crippen LogP contribution in [0.25, 0.3) is 0 Å². The number of thiophene rings is 1. The van der Waals surface area contributed by atoms with Crippen molar-refractivity contribution < 1.29 is 23.5 Å². The van der Waals surface area contributed by atoms with Gasteiger partial charge in [-0.05, 0) is 74.1 Å². The minimum Gasteiger partial charge on any atom is -0.459 e. The molecule has 3 heterocycles. The van der Waals surface area contributed by atoms with Gasteiger partial charge in [0.05, 0.1) is 17.9 Å². The molecule has 3 aromatic rings. The zero-order chi connectivity index (χ0) is 25.1. The Morgan fingerprint density at radius 3 is 2.64 bits per heavy atom. The van der Waals surface area contributed by atoms with Gasteiger partial charge >= 0.3 is 0 Å². The van der Waals surface area contributed by atoms with Crippen molar-refractivity contribution in [3.05, 3.63) is 68.9 Å². The summed E-state index contributed by atoms with van der Waals surface area (Å²) in [6.07, 6.45) is 5.75. The molecule has 2 N–H and O–H groups in total. The Hall–Kier alpha value is -2.95. The van der Waals surface area contributed by atoms with Crippen LogP contribution in [0.1, 0.15) is 50.6 Å². The van der Waals surface area contributed by atoms with Gasteiger partial charge in [-0.15, -0.1) is 11.3 Å². The van der Waals surface area contributed by atoms with Crippen molar-refractivity contribution in [2.24, 2.45) is 0 Å². The van der Waals surface area contributed by atoms with E-state index in [0.29, 0.717) is 29.4 Å². The summed E-state index contributed by atoms with van der Waals surface area (Å²) in [5, 5.41) is 6.38. The van der Waals surface area contributed by atoms with Gasteiger partial charge in [-0.25, -0.2) is 0 Å². The molecule has 1 aliphatic carbocycles. The summed E-state index contributed by atoms with van der Waals surface area (Å²) in [7, 11) is 0. The molecule has 0 spiro atoms. The third kappa shape index (κ3) is 5.55. The quantitative estimate of drug-likeness (QED) is 0.391. The molecule has 10 heteroatoms. The normalized spacial score (nSPS) is 16.5. The number of anilines is 2. The van der Waals surface area contributed by atoms with E-state index in [-0.39, 0.29) is 36.1 Å². The van der Waals surface area contributed by atoms with E-state index in [2.05, 4.69) is 26.6 Å². The first-order chi connectivity index (χ1) is 17.5. The summed E-state index contributed by atoms with van der Waals surface area (Å²) < 4.78 is 11.9. The van der Waals surface area contributed by atoms with Gasteiger partial charge in [0.1, 0.15) is 11.5 Å². The molecule has 0 saturated carbocycles. The van der Waals surface area contributed by atoms with E-state index < -0.39 is 0 Å². The average molecular weight is 572 g/mol. The lowest BCUT2D eigenvalue weighted by Crippen LogP contribution is -2.42. The van der Waals surface area contributed by atoms with Gasteiger partial charge in [-0.2, -0.15) is 0 Å². The van der Waals surface area contributed by atoms with Crippen LogP contribution in [0.5, 0.6) is 0 Å². The highest BCUT2D eigenvalue weighted by molar-refractivity contribution is 9.10. The van der Waals surface area contributed by atoms with E-state index in [4.69, 9.17) is 9.15 Å². The van der Waals surface area contributed by atoms with Crippen LogP contribution >= 0.6 is 27.3 Å². The number of hydrogen-bond donors (Lipinski definition) is 2. The Labute approximate surface area is 221 Å². The number of nitrogens with zero attached hydrogens (tertiary/aromatic N) is 1. The SMILES string of the molecule is O=C(CN(C[C@@H]1CCCO1)C(=O)c1ccco1)Nc1sc2c(c1C(=O)Nc1ccc(Br)cc1)CCC2. The second-order valence-electron chi connectivity index (χ2n) is 8.87. The van der Waals surface area contributed by atoms with Crippen molar-refractivity contribution in [1.82, 2.24) is 4.90 Å². The number of carbonyl (C=O) groups excluding carboxylic acids is 3. The predicted octanol–water partition coefficient (Wildman–Crippen LogP) is 5.10. The summed E-state index contributed by atoms with van der Waals surface area (Å²) in [6, 6.07) is 10.6. The molecule has 5 rings (SSSR count). The van der Waals surface area contributed by atoms with Gasteiger partial charge in [-0.1, -0.05) is 15.9 Å². The third-order valence-electron chi connectivity index (χ3n) is 6.31. The number of rotatable bonds is 8. The third-order valence-corrected chi connectivity index (χ3v) is 8.04. The van der Waals surface area contributed by atoms with E-state index in [9.17, 15) is 14.4 Å². The van der Waals surface area contributed by atoms with Crippen molar-refractivity contribution in [3.63, 3.8) is 0 Å². The van der Waals surface area contributed by atoms with Gasteiger partial charge in [0.2, 0.25) is 5.91 Å². The maximum Gasteiger partial charge on any atom is 0.290 e. The van der Waals surface area contributed by atoms with E-state index in [1.807, 2.05) is 24.3 Å². The average Bonchev–Trinajstić information content (AvgIpc) is 3.65. The van der Waals surface area contributed by atoms with E-state index in [0.717, 1.165) is 47.0 Å². The fourth-order valence-electron chi connectivity index (χ4n) is 4.61. The van der Waals surface area contributed by atoms with Gasteiger partial charge in [0.25, 0.3) is 11.8 Å². The highest BCUT2D eigenvalue weighted by atomic mass is 79.9. The van der Waals surface area contributed by atoms with Crippen LogP contribution in [0, 0.1) is 0 Å². The molecule has 2 aromatic heterocycles. The topological polar surface area (TPSA) is 101 Å². The van der Waals surface area contributed by atoms with Crippen LogP contribution in [0.15, 0.2) is 51.6 Å². The van der Waals surface area contributed by atoms with Gasteiger partial charge in [0.15, 0.2) is 5.76 Å². The Bertz CT molecular complexity index is 1250. The van der Waals surface area contributed by atoms with Crippen LogP contribution < -0.4 is 10.6 Å². The molecule has 0 radical (unpaired) electrons. The molecule has 36 heavy (non-hydrogen) atoms. The van der Waals surface area contributed by atoms with Gasteiger partial charge in [0, 0.05) is 28.2 Å². The molecule has 1 aliphatic heterocycles. The molecule has 3 amide bonds. The number of hydrogen-bond acceptors (Lipinski definition) is 6. The second-order valence-corrected chi connectivity index (χ2v) is 10.9. The largest absolute Gasteiger partial charge is 0.459 e. The minimum atomic E-state index is -0.370. The van der Waals surface area contributed by atoms with Crippen LogP contribution in [0.2, 0.25) is 0 Å². The number of nitrogens with one attached hydrogen (secondary N) is 2. The first-order valence-electron chi connectivity index (χ1n) is 11.9. The predicted molar refractivity (Wildman–Crippen MR) is 141 cm³/mol. The molecule has 8 nitrogen and oxygen atoms in total. The molecule has 1 saturated heterocycles. The van der Waals surface area contributed by atoms with E-state index >= 15 is 0 Å². The molecule has 0 unspecified atom stereocenters. The summed E-state index contributed by atoms with van der Waals surface area (Å²) >= 11 is 4.84. The fourth-order valence-corrected chi connectivity index (χ4v) is 6.18. The van der Waals surface area contributed by atoms with Crippen LogP contribution in [0.4, 0.5) is 10.7 Å². The van der Waals surface area contributed by atoms with Crippen molar-refractivity contribution in [2.45, 2.75) is 38.2 Å². The first-order valence-corrected chi connectivity index (χ1v) is 13.5. The van der Waals surface area contributed by atoms with Crippen LogP contribution in [-0.2, 0) is 22.4 Å². The van der Waals surface area contributed by atoms with Crippen molar-refractivity contribution in [2.75, 3.05) is 30.3 Å². The van der Waals surface area contributed by atoms with Crippen LogP contribution in [0.3, 0.4) is 0 Å². The summed E-state index contributed by atoms with van der Waals surface area (Å²) in [5.41, 5.74) is 2.17. The van der Waals surface area contributed by atoms with Gasteiger partial charge < -0.3 is 24.7 Å². The smallest absolute Gasteiger partial charge is 0.290 e. The Balaban J connectivity index is 1.33. The lowest BCUT2D eigenvalue weighted by Gasteiger charge is -2.24. The molecular weight excluding hydrogens is 546 g/mol. The van der Waals surface area contributed by atoms with Crippen LogP contribution in [-0.4, -0.2) is 48.4 Å². The maximum atomic E-state index is 13.3. The lowest BCUT2D eigenvalue weighted by molar-refractivity contribution is -0.117. The maximum absolute atomic E-state index is 13.3. The number of halogens is 1. The summed E-state index contributed by atoms with van der Waals surface area (Å²) in [5.74, 6) is -0.821. The number of carbonyl (C=O) groups is 3. The van der Waals surface area contributed by atoms with Crippen molar-refractivity contribution in [1.29, 1.82) is 0 Å². The molecular formula is C26H26BrN3O5S.